The average molecular weight is 221 g/mol. The molecule has 0 unspecified atom stereocenters. The second kappa shape index (κ2) is 8.17. The first-order valence-corrected chi connectivity index (χ1v) is 6.30. The molecule has 1 aromatic rings. The predicted molar refractivity (Wildman–Crippen MR) is 69.1 cm³/mol. The van der Waals surface area contributed by atoms with Gasteiger partial charge in [-0.05, 0) is 31.0 Å². The van der Waals surface area contributed by atoms with E-state index in [0.717, 1.165) is 31.9 Å². The second-order valence-corrected chi connectivity index (χ2v) is 3.91. The third-order valence-electron chi connectivity index (χ3n) is 2.60. The summed E-state index contributed by atoms with van der Waals surface area (Å²) in [5.41, 5.74) is 1.29. The van der Waals surface area contributed by atoms with Gasteiger partial charge in [-0.25, -0.2) is 0 Å². The van der Waals surface area contributed by atoms with Crippen LogP contribution in [0.5, 0.6) is 5.75 Å². The Labute approximate surface area is 99.0 Å². The van der Waals surface area contributed by atoms with E-state index in [1.807, 2.05) is 12.1 Å². The number of nitrogens with one attached hydrogen (secondary N) is 1. The van der Waals surface area contributed by atoms with Crippen molar-refractivity contribution in [3.8, 4) is 5.75 Å². The van der Waals surface area contributed by atoms with Crippen molar-refractivity contribution >= 4 is 0 Å². The lowest BCUT2D eigenvalue weighted by molar-refractivity contribution is 0.311. The normalized spacial score (nSPS) is 10.4. The zero-order valence-electron chi connectivity index (χ0n) is 10.5. The Morgan fingerprint density at radius 1 is 1.12 bits per heavy atom. The number of aryl methyl sites for hydroxylation is 1. The molecule has 0 aliphatic heterocycles. The highest BCUT2D eigenvalue weighted by atomic mass is 16.5. The Bertz CT molecular complexity index is 286. The molecular weight excluding hydrogens is 198 g/mol. The van der Waals surface area contributed by atoms with Crippen LogP contribution in [0.1, 0.15) is 32.3 Å². The maximum atomic E-state index is 5.75. The van der Waals surface area contributed by atoms with Gasteiger partial charge in [-0.3, -0.25) is 0 Å². The maximum Gasteiger partial charge on any atom is 0.122 e. The fraction of sp³-hybridized carbons (Fsp3) is 0.571. The standard InChI is InChI=1S/C14H23NO/c1-3-5-10-15-11-12-16-14-9-7-6-8-13(14)4-2/h6-9,15H,3-5,10-12H2,1-2H3. The maximum absolute atomic E-state index is 5.75. The van der Waals surface area contributed by atoms with Gasteiger partial charge in [0.25, 0.3) is 0 Å². The van der Waals surface area contributed by atoms with Gasteiger partial charge < -0.3 is 10.1 Å². The number of ether oxygens (including phenoxy) is 1. The van der Waals surface area contributed by atoms with Crippen molar-refractivity contribution in [1.29, 1.82) is 0 Å². The molecule has 0 spiro atoms. The Hall–Kier alpha value is -1.02. The SMILES string of the molecule is CCCCNCCOc1ccccc1CC. The van der Waals surface area contributed by atoms with Gasteiger partial charge in [0.1, 0.15) is 12.4 Å². The van der Waals surface area contributed by atoms with Crippen LogP contribution in [-0.2, 0) is 6.42 Å². The molecule has 0 saturated heterocycles. The molecule has 0 saturated carbocycles. The van der Waals surface area contributed by atoms with Gasteiger partial charge in [-0.2, -0.15) is 0 Å². The highest BCUT2D eigenvalue weighted by Crippen LogP contribution is 2.17. The summed E-state index contributed by atoms with van der Waals surface area (Å²) < 4.78 is 5.75. The zero-order valence-corrected chi connectivity index (χ0v) is 10.5. The number of hydrogen-bond donors (Lipinski definition) is 1. The molecule has 0 aromatic heterocycles. The first-order valence-electron chi connectivity index (χ1n) is 6.30. The van der Waals surface area contributed by atoms with E-state index in [1.165, 1.54) is 18.4 Å². The van der Waals surface area contributed by atoms with Crippen molar-refractivity contribution in [2.24, 2.45) is 0 Å². The quantitative estimate of drug-likeness (QED) is 0.681. The van der Waals surface area contributed by atoms with Gasteiger partial charge in [-0.15, -0.1) is 0 Å². The van der Waals surface area contributed by atoms with Crippen molar-refractivity contribution in [3.05, 3.63) is 29.8 Å². The fourth-order valence-electron chi connectivity index (χ4n) is 1.60. The summed E-state index contributed by atoms with van der Waals surface area (Å²) in [7, 11) is 0. The van der Waals surface area contributed by atoms with E-state index < -0.39 is 0 Å². The molecule has 16 heavy (non-hydrogen) atoms. The lowest BCUT2D eigenvalue weighted by Gasteiger charge is -2.10. The summed E-state index contributed by atoms with van der Waals surface area (Å²) in [4.78, 5) is 0. The Morgan fingerprint density at radius 3 is 2.69 bits per heavy atom. The molecule has 2 heteroatoms. The van der Waals surface area contributed by atoms with E-state index in [9.17, 15) is 0 Å². The lowest BCUT2D eigenvalue weighted by atomic mass is 10.1. The molecule has 0 amide bonds. The van der Waals surface area contributed by atoms with Crippen LogP contribution in [-0.4, -0.2) is 19.7 Å². The van der Waals surface area contributed by atoms with E-state index in [1.54, 1.807) is 0 Å². The molecule has 0 heterocycles. The summed E-state index contributed by atoms with van der Waals surface area (Å²) in [6, 6.07) is 8.26. The molecule has 1 rings (SSSR count). The molecule has 2 nitrogen and oxygen atoms in total. The molecule has 0 bridgehead atoms. The number of unbranched alkanes of at least 4 members (excludes halogenated alkanes) is 1. The van der Waals surface area contributed by atoms with Crippen LogP contribution in [0.2, 0.25) is 0 Å². The summed E-state index contributed by atoms with van der Waals surface area (Å²) in [6.07, 6.45) is 3.51. The van der Waals surface area contributed by atoms with Crippen LogP contribution in [0.15, 0.2) is 24.3 Å². The number of para-hydroxylation sites is 1. The van der Waals surface area contributed by atoms with Crippen molar-refractivity contribution in [3.63, 3.8) is 0 Å². The third-order valence-corrected chi connectivity index (χ3v) is 2.60. The topological polar surface area (TPSA) is 21.3 Å². The smallest absolute Gasteiger partial charge is 0.122 e. The first-order chi connectivity index (χ1) is 7.88. The van der Waals surface area contributed by atoms with Gasteiger partial charge in [0, 0.05) is 6.54 Å². The van der Waals surface area contributed by atoms with Gasteiger partial charge in [0.05, 0.1) is 0 Å². The molecule has 1 N–H and O–H groups in total. The molecule has 0 fully saturated rings. The first kappa shape index (κ1) is 13.0. The minimum Gasteiger partial charge on any atom is -0.492 e. The summed E-state index contributed by atoms with van der Waals surface area (Å²) in [6.45, 7) is 7.13. The van der Waals surface area contributed by atoms with Crippen LogP contribution >= 0.6 is 0 Å². The predicted octanol–water partition coefficient (Wildman–Crippen LogP) is 3.02. The molecule has 0 aliphatic rings. The fourth-order valence-corrected chi connectivity index (χ4v) is 1.60. The monoisotopic (exact) mass is 221 g/mol. The molecule has 0 aliphatic carbocycles. The van der Waals surface area contributed by atoms with Crippen LogP contribution < -0.4 is 10.1 Å². The van der Waals surface area contributed by atoms with Crippen LogP contribution in [0, 0.1) is 0 Å². The largest absolute Gasteiger partial charge is 0.492 e. The van der Waals surface area contributed by atoms with Crippen molar-refractivity contribution < 1.29 is 4.74 Å². The van der Waals surface area contributed by atoms with E-state index in [0.29, 0.717) is 0 Å². The lowest BCUT2D eigenvalue weighted by Crippen LogP contribution is -2.22. The van der Waals surface area contributed by atoms with Crippen LogP contribution in [0.25, 0.3) is 0 Å². The van der Waals surface area contributed by atoms with Crippen LogP contribution in [0.4, 0.5) is 0 Å². The Kier molecular flexibility index (Phi) is 6.66. The molecule has 1 aromatic carbocycles. The minimum absolute atomic E-state index is 0.751. The highest BCUT2D eigenvalue weighted by molar-refractivity contribution is 5.33. The summed E-state index contributed by atoms with van der Waals surface area (Å²) in [5.74, 6) is 1.03. The molecular formula is C14H23NO. The van der Waals surface area contributed by atoms with Crippen LogP contribution in [0.3, 0.4) is 0 Å². The van der Waals surface area contributed by atoms with E-state index >= 15 is 0 Å². The third kappa shape index (κ3) is 4.67. The summed E-state index contributed by atoms with van der Waals surface area (Å²) in [5, 5.41) is 3.37. The minimum atomic E-state index is 0.751. The van der Waals surface area contributed by atoms with Gasteiger partial charge in [0.15, 0.2) is 0 Å². The van der Waals surface area contributed by atoms with Gasteiger partial charge in [-0.1, -0.05) is 38.5 Å². The van der Waals surface area contributed by atoms with Gasteiger partial charge >= 0.3 is 0 Å². The van der Waals surface area contributed by atoms with E-state index in [2.05, 4.69) is 31.3 Å². The van der Waals surface area contributed by atoms with Crippen molar-refractivity contribution in [1.82, 2.24) is 5.32 Å². The van der Waals surface area contributed by atoms with Crippen molar-refractivity contribution in [2.45, 2.75) is 33.1 Å². The Balaban J connectivity index is 2.21. The van der Waals surface area contributed by atoms with E-state index in [4.69, 9.17) is 4.74 Å². The second-order valence-electron chi connectivity index (χ2n) is 3.91. The number of hydrogen-bond acceptors (Lipinski definition) is 2. The Morgan fingerprint density at radius 2 is 1.94 bits per heavy atom. The number of benzene rings is 1. The molecule has 90 valence electrons. The van der Waals surface area contributed by atoms with Crippen molar-refractivity contribution in [2.75, 3.05) is 19.7 Å². The van der Waals surface area contributed by atoms with Gasteiger partial charge in [0.2, 0.25) is 0 Å². The zero-order chi connectivity index (χ0) is 11.6. The summed E-state index contributed by atoms with van der Waals surface area (Å²) >= 11 is 0. The highest BCUT2D eigenvalue weighted by Gasteiger charge is 1.99. The molecule has 0 radical (unpaired) electrons. The number of rotatable bonds is 8. The average Bonchev–Trinajstić information content (AvgIpc) is 2.34. The molecule has 0 atom stereocenters. The van der Waals surface area contributed by atoms with E-state index in [-0.39, 0.29) is 0 Å².